The second-order valence-corrected chi connectivity index (χ2v) is 4.55. The van der Waals surface area contributed by atoms with Gasteiger partial charge in [0.15, 0.2) is 0 Å². The molecule has 0 atom stereocenters. The highest BCUT2D eigenvalue weighted by Gasteiger charge is 2.20. The molecule has 3 rings (SSSR count). The largest absolute Gasteiger partial charge is 0.508 e. The predicted molar refractivity (Wildman–Crippen MR) is 75.5 cm³/mol. The van der Waals surface area contributed by atoms with Crippen molar-refractivity contribution >= 4 is 16.5 Å². The molecule has 0 fully saturated rings. The summed E-state index contributed by atoms with van der Waals surface area (Å²) in [5, 5.41) is 26.0. The average molecular weight is 285 g/mol. The van der Waals surface area contributed by atoms with Crippen LogP contribution in [0.2, 0.25) is 0 Å². The highest BCUT2D eigenvalue weighted by molar-refractivity contribution is 5.85. The number of rotatable bonds is 3. The van der Waals surface area contributed by atoms with Gasteiger partial charge in [-0.25, -0.2) is 0 Å². The number of benzene rings is 2. The Morgan fingerprint density at radius 3 is 2.76 bits per heavy atom. The van der Waals surface area contributed by atoms with Gasteiger partial charge in [0.1, 0.15) is 17.7 Å². The minimum absolute atomic E-state index is 0.0676. The monoisotopic (exact) mass is 285 g/mol. The Balaban J connectivity index is 2.00. The molecule has 21 heavy (non-hydrogen) atoms. The summed E-state index contributed by atoms with van der Waals surface area (Å²) in [6.07, 6.45) is 1.28. The summed E-state index contributed by atoms with van der Waals surface area (Å²) in [5.74, 6) is 0.486. The van der Waals surface area contributed by atoms with Gasteiger partial charge in [-0.3, -0.25) is 14.8 Å². The Morgan fingerprint density at radius 1 is 1.24 bits per heavy atom. The van der Waals surface area contributed by atoms with Gasteiger partial charge in [-0.15, -0.1) is 5.10 Å². The maximum absolute atomic E-state index is 10.9. The standard InChI is InChI=1S/C14H11N3O4/c1-16-8-13(17(19)20)14(15-16)21-12-5-3-9-2-4-11(18)6-10(9)7-12/h2-8,18H,1H3. The first-order valence-corrected chi connectivity index (χ1v) is 6.11. The normalized spacial score (nSPS) is 10.7. The smallest absolute Gasteiger partial charge is 0.350 e. The number of phenolic OH excluding ortho intramolecular Hbond substituents is 1. The van der Waals surface area contributed by atoms with Crippen LogP contribution >= 0.6 is 0 Å². The van der Waals surface area contributed by atoms with Gasteiger partial charge in [0.2, 0.25) is 0 Å². The van der Waals surface area contributed by atoms with Gasteiger partial charge in [-0.05, 0) is 35.0 Å². The first-order valence-electron chi connectivity index (χ1n) is 6.11. The van der Waals surface area contributed by atoms with Crippen LogP contribution in [0.1, 0.15) is 0 Å². The molecule has 3 aromatic rings. The number of aryl methyl sites for hydroxylation is 1. The molecule has 0 unspecified atom stereocenters. The molecule has 0 aliphatic carbocycles. The van der Waals surface area contributed by atoms with Crippen LogP contribution in [-0.2, 0) is 7.05 Å². The van der Waals surface area contributed by atoms with Crippen molar-refractivity contribution < 1.29 is 14.8 Å². The van der Waals surface area contributed by atoms with E-state index in [-0.39, 0.29) is 17.3 Å². The summed E-state index contributed by atoms with van der Waals surface area (Å²) in [4.78, 5) is 10.4. The van der Waals surface area contributed by atoms with E-state index < -0.39 is 4.92 Å². The lowest BCUT2D eigenvalue weighted by molar-refractivity contribution is -0.385. The number of aromatic nitrogens is 2. The topological polar surface area (TPSA) is 90.4 Å². The molecule has 1 N–H and O–H groups in total. The van der Waals surface area contributed by atoms with Gasteiger partial charge < -0.3 is 9.84 Å². The molecule has 1 aromatic heterocycles. The number of phenols is 1. The Labute approximate surface area is 119 Å². The van der Waals surface area contributed by atoms with Gasteiger partial charge in [0, 0.05) is 7.05 Å². The SMILES string of the molecule is Cn1cc([N+](=O)[O-])c(Oc2ccc3ccc(O)cc3c2)n1. The molecule has 0 aliphatic heterocycles. The van der Waals surface area contributed by atoms with Crippen molar-refractivity contribution in [3.05, 3.63) is 52.7 Å². The van der Waals surface area contributed by atoms with Gasteiger partial charge in [-0.1, -0.05) is 12.1 Å². The molecule has 1 heterocycles. The van der Waals surface area contributed by atoms with E-state index in [4.69, 9.17) is 4.74 Å². The minimum atomic E-state index is -0.546. The zero-order valence-corrected chi connectivity index (χ0v) is 11.1. The lowest BCUT2D eigenvalue weighted by atomic mass is 10.1. The molecular weight excluding hydrogens is 274 g/mol. The minimum Gasteiger partial charge on any atom is -0.508 e. The van der Waals surface area contributed by atoms with E-state index in [1.807, 2.05) is 0 Å². The molecule has 0 saturated heterocycles. The van der Waals surface area contributed by atoms with Crippen molar-refractivity contribution in [1.29, 1.82) is 0 Å². The highest BCUT2D eigenvalue weighted by Crippen LogP contribution is 2.31. The van der Waals surface area contributed by atoms with E-state index in [0.29, 0.717) is 5.75 Å². The summed E-state index contributed by atoms with van der Waals surface area (Å²) in [6, 6.07) is 10.1. The number of nitrogens with zero attached hydrogens (tertiary/aromatic N) is 3. The quantitative estimate of drug-likeness (QED) is 0.590. The summed E-state index contributed by atoms with van der Waals surface area (Å²) < 4.78 is 6.80. The number of aromatic hydroxyl groups is 1. The fourth-order valence-corrected chi connectivity index (χ4v) is 2.04. The second kappa shape index (κ2) is 4.78. The van der Waals surface area contributed by atoms with E-state index >= 15 is 0 Å². The van der Waals surface area contributed by atoms with Crippen LogP contribution in [0.15, 0.2) is 42.6 Å². The van der Waals surface area contributed by atoms with Crippen LogP contribution < -0.4 is 4.74 Å². The van der Waals surface area contributed by atoms with Crippen molar-refractivity contribution in [2.24, 2.45) is 7.05 Å². The van der Waals surface area contributed by atoms with Gasteiger partial charge in [0.05, 0.1) is 4.92 Å². The van der Waals surface area contributed by atoms with Crippen molar-refractivity contribution in [2.75, 3.05) is 0 Å². The first-order chi connectivity index (χ1) is 10.0. The van der Waals surface area contributed by atoms with Crippen molar-refractivity contribution in [3.8, 4) is 17.4 Å². The van der Waals surface area contributed by atoms with Crippen LogP contribution in [0.25, 0.3) is 10.8 Å². The zero-order chi connectivity index (χ0) is 15.0. The summed E-state index contributed by atoms with van der Waals surface area (Å²) in [7, 11) is 1.58. The number of nitro groups is 1. The summed E-state index contributed by atoms with van der Waals surface area (Å²) in [6.45, 7) is 0. The van der Waals surface area contributed by atoms with Crippen LogP contribution in [0.3, 0.4) is 0 Å². The zero-order valence-electron chi connectivity index (χ0n) is 11.1. The van der Waals surface area contributed by atoms with Gasteiger partial charge in [0.25, 0.3) is 0 Å². The fourth-order valence-electron chi connectivity index (χ4n) is 2.04. The van der Waals surface area contributed by atoms with Gasteiger partial charge in [-0.2, -0.15) is 0 Å². The average Bonchev–Trinajstić information content (AvgIpc) is 2.79. The summed E-state index contributed by atoms with van der Waals surface area (Å²) >= 11 is 0. The maximum Gasteiger partial charge on any atom is 0.350 e. The third kappa shape index (κ3) is 2.48. The predicted octanol–water partition coefficient (Wildman–Crippen LogP) is 2.98. The lowest BCUT2D eigenvalue weighted by Crippen LogP contribution is -1.91. The number of hydrogen-bond donors (Lipinski definition) is 1. The van der Waals surface area contributed by atoms with Crippen molar-refractivity contribution in [2.45, 2.75) is 0 Å². The third-order valence-corrected chi connectivity index (χ3v) is 2.98. The molecule has 0 saturated carbocycles. The van der Waals surface area contributed by atoms with E-state index in [1.165, 1.54) is 10.9 Å². The highest BCUT2D eigenvalue weighted by atomic mass is 16.6. The lowest BCUT2D eigenvalue weighted by Gasteiger charge is -2.04. The molecule has 7 nitrogen and oxygen atoms in total. The number of fused-ring (bicyclic) bond motifs is 1. The Bertz CT molecular complexity index is 841. The van der Waals surface area contributed by atoms with Crippen LogP contribution in [0.5, 0.6) is 17.4 Å². The van der Waals surface area contributed by atoms with Gasteiger partial charge >= 0.3 is 11.6 Å². The molecule has 7 heteroatoms. The molecule has 2 aromatic carbocycles. The van der Waals surface area contributed by atoms with E-state index in [0.717, 1.165) is 10.8 Å². The van der Waals surface area contributed by atoms with Crippen LogP contribution in [0.4, 0.5) is 5.69 Å². The Kier molecular flexibility index (Phi) is 2.94. The van der Waals surface area contributed by atoms with Crippen LogP contribution in [0, 0.1) is 10.1 Å². The molecule has 0 radical (unpaired) electrons. The molecule has 0 bridgehead atoms. The number of ether oxygens (including phenoxy) is 1. The molecular formula is C14H11N3O4. The third-order valence-electron chi connectivity index (χ3n) is 2.98. The van der Waals surface area contributed by atoms with E-state index in [1.54, 1.807) is 43.4 Å². The van der Waals surface area contributed by atoms with Crippen molar-refractivity contribution in [1.82, 2.24) is 9.78 Å². The molecule has 106 valence electrons. The van der Waals surface area contributed by atoms with Crippen molar-refractivity contribution in [3.63, 3.8) is 0 Å². The van der Waals surface area contributed by atoms with Crippen LogP contribution in [-0.4, -0.2) is 19.8 Å². The van der Waals surface area contributed by atoms with E-state index in [9.17, 15) is 15.2 Å². The fraction of sp³-hybridized carbons (Fsp3) is 0.0714. The molecule has 0 amide bonds. The second-order valence-electron chi connectivity index (χ2n) is 4.55. The molecule has 0 spiro atoms. The number of hydrogen-bond acceptors (Lipinski definition) is 5. The van der Waals surface area contributed by atoms with E-state index in [2.05, 4.69) is 5.10 Å². The Morgan fingerprint density at radius 2 is 2.00 bits per heavy atom. The Hall–Kier alpha value is -3.09. The maximum atomic E-state index is 10.9. The summed E-state index contributed by atoms with van der Waals surface area (Å²) in [5.41, 5.74) is -0.200. The molecule has 0 aliphatic rings. The first kappa shape index (κ1) is 12.9.